The summed E-state index contributed by atoms with van der Waals surface area (Å²) in [7, 11) is 2.71. The highest BCUT2D eigenvalue weighted by atomic mass is 79.9. The van der Waals surface area contributed by atoms with Gasteiger partial charge in [-0.3, -0.25) is 0 Å². The summed E-state index contributed by atoms with van der Waals surface area (Å²) < 4.78 is 10.6. The Kier molecular flexibility index (Phi) is 5.50. The third-order valence-corrected chi connectivity index (χ3v) is 3.93. The summed E-state index contributed by atoms with van der Waals surface area (Å²) in [5, 5.41) is 3.63. The first kappa shape index (κ1) is 16.9. The molecule has 5 nitrogen and oxygen atoms in total. The second-order valence-electron chi connectivity index (χ2n) is 4.11. The standard InChI is InChI=1S/C14H11BrCl2N2O3/c1-21-13-11(17)12(8(6-18-13)14(20)22-2)19-10-4-3-7(15)5-9(10)16/h3-6H,1-2H3,(H,18,19). The number of benzene rings is 1. The molecular formula is C14H11BrCl2N2O3. The number of esters is 1. The summed E-state index contributed by atoms with van der Waals surface area (Å²) in [4.78, 5) is 15.8. The molecule has 0 fully saturated rings. The molecule has 0 saturated heterocycles. The lowest BCUT2D eigenvalue weighted by molar-refractivity contribution is 0.0601. The van der Waals surface area contributed by atoms with Gasteiger partial charge >= 0.3 is 5.97 Å². The normalized spacial score (nSPS) is 10.2. The zero-order valence-corrected chi connectivity index (χ0v) is 14.7. The number of carbonyl (C=O) groups excluding carboxylic acids is 1. The van der Waals surface area contributed by atoms with E-state index in [4.69, 9.17) is 32.7 Å². The van der Waals surface area contributed by atoms with Crippen molar-refractivity contribution in [1.82, 2.24) is 4.98 Å². The molecule has 0 radical (unpaired) electrons. The van der Waals surface area contributed by atoms with E-state index in [1.807, 2.05) is 0 Å². The molecule has 8 heteroatoms. The predicted molar refractivity (Wildman–Crippen MR) is 89.6 cm³/mol. The number of carbonyl (C=O) groups is 1. The Labute approximate surface area is 145 Å². The summed E-state index contributed by atoms with van der Waals surface area (Å²) in [5.74, 6) is -0.391. The molecule has 116 valence electrons. The van der Waals surface area contributed by atoms with E-state index < -0.39 is 5.97 Å². The van der Waals surface area contributed by atoms with Crippen LogP contribution in [0.2, 0.25) is 10.0 Å². The Morgan fingerprint density at radius 2 is 2.05 bits per heavy atom. The fraction of sp³-hybridized carbons (Fsp3) is 0.143. The molecule has 1 heterocycles. The summed E-state index contributed by atoms with van der Waals surface area (Å²) in [6.45, 7) is 0. The average molecular weight is 406 g/mol. The van der Waals surface area contributed by atoms with E-state index in [-0.39, 0.29) is 16.5 Å². The van der Waals surface area contributed by atoms with Gasteiger partial charge in [0.1, 0.15) is 10.6 Å². The molecule has 0 aliphatic rings. The second kappa shape index (κ2) is 7.17. The smallest absolute Gasteiger partial charge is 0.341 e. The van der Waals surface area contributed by atoms with Crippen molar-refractivity contribution in [3.8, 4) is 5.88 Å². The van der Waals surface area contributed by atoms with Crippen LogP contribution in [0.25, 0.3) is 0 Å². The molecule has 0 bridgehead atoms. The summed E-state index contributed by atoms with van der Waals surface area (Å²) >= 11 is 15.7. The number of hydrogen-bond donors (Lipinski definition) is 1. The highest BCUT2D eigenvalue weighted by molar-refractivity contribution is 9.10. The molecule has 0 aliphatic carbocycles. The van der Waals surface area contributed by atoms with Crippen LogP contribution in [-0.2, 0) is 4.74 Å². The van der Waals surface area contributed by atoms with Gasteiger partial charge in [-0.15, -0.1) is 0 Å². The second-order valence-corrected chi connectivity index (χ2v) is 5.81. The first-order chi connectivity index (χ1) is 10.5. The van der Waals surface area contributed by atoms with Gasteiger partial charge in [-0.25, -0.2) is 9.78 Å². The highest BCUT2D eigenvalue weighted by Gasteiger charge is 2.20. The Hall–Kier alpha value is -1.50. The minimum Gasteiger partial charge on any atom is -0.480 e. The molecule has 0 atom stereocenters. The zero-order valence-electron chi connectivity index (χ0n) is 11.6. The van der Waals surface area contributed by atoms with Gasteiger partial charge in [0.25, 0.3) is 0 Å². The highest BCUT2D eigenvalue weighted by Crippen LogP contribution is 2.37. The maximum absolute atomic E-state index is 11.9. The maximum Gasteiger partial charge on any atom is 0.341 e. The van der Waals surface area contributed by atoms with E-state index in [0.717, 1.165) is 4.47 Å². The molecule has 2 aromatic rings. The van der Waals surface area contributed by atoms with Crippen molar-refractivity contribution in [2.24, 2.45) is 0 Å². The minimum atomic E-state index is -0.576. The van der Waals surface area contributed by atoms with Crippen molar-refractivity contribution in [2.45, 2.75) is 0 Å². The lowest BCUT2D eigenvalue weighted by Gasteiger charge is -2.15. The molecule has 2 rings (SSSR count). The van der Waals surface area contributed by atoms with Crippen molar-refractivity contribution < 1.29 is 14.3 Å². The maximum atomic E-state index is 11.9. The molecule has 0 aliphatic heterocycles. The number of ether oxygens (including phenoxy) is 2. The molecular weight excluding hydrogens is 395 g/mol. The number of hydrogen-bond acceptors (Lipinski definition) is 5. The average Bonchev–Trinajstić information content (AvgIpc) is 2.50. The predicted octanol–water partition coefficient (Wildman–Crippen LogP) is 4.69. The van der Waals surface area contributed by atoms with Gasteiger partial charge in [0, 0.05) is 10.7 Å². The van der Waals surface area contributed by atoms with Crippen molar-refractivity contribution in [3.63, 3.8) is 0 Å². The molecule has 22 heavy (non-hydrogen) atoms. The van der Waals surface area contributed by atoms with Crippen LogP contribution < -0.4 is 10.1 Å². The number of methoxy groups -OCH3 is 2. The summed E-state index contributed by atoms with van der Waals surface area (Å²) in [6, 6.07) is 5.27. The number of rotatable bonds is 4. The van der Waals surface area contributed by atoms with Gasteiger partial charge in [0.05, 0.1) is 30.6 Å². The number of aromatic nitrogens is 1. The Morgan fingerprint density at radius 3 is 2.64 bits per heavy atom. The number of nitrogens with one attached hydrogen (secondary N) is 1. The van der Waals surface area contributed by atoms with Crippen LogP contribution in [0.5, 0.6) is 5.88 Å². The third kappa shape index (κ3) is 3.45. The summed E-state index contributed by atoms with van der Waals surface area (Å²) in [6.07, 6.45) is 1.33. The number of anilines is 2. The molecule has 1 N–H and O–H groups in total. The first-order valence-corrected chi connectivity index (χ1v) is 7.55. The molecule has 1 aromatic heterocycles. The van der Waals surface area contributed by atoms with Crippen molar-refractivity contribution in [1.29, 1.82) is 0 Å². The SMILES string of the molecule is COC(=O)c1cnc(OC)c(Cl)c1Nc1ccc(Br)cc1Cl. The number of pyridine rings is 1. The largest absolute Gasteiger partial charge is 0.480 e. The molecule has 0 spiro atoms. The van der Waals surface area contributed by atoms with Crippen LogP contribution in [-0.4, -0.2) is 25.2 Å². The van der Waals surface area contributed by atoms with Crippen LogP contribution in [0.3, 0.4) is 0 Å². The monoisotopic (exact) mass is 404 g/mol. The fourth-order valence-corrected chi connectivity index (χ4v) is 2.72. The first-order valence-electron chi connectivity index (χ1n) is 6.00. The zero-order chi connectivity index (χ0) is 16.3. The van der Waals surface area contributed by atoms with Crippen molar-refractivity contribution in [2.75, 3.05) is 19.5 Å². The van der Waals surface area contributed by atoms with Crippen LogP contribution in [0.15, 0.2) is 28.9 Å². The molecule has 0 unspecified atom stereocenters. The van der Waals surface area contributed by atoms with Gasteiger partial charge < -0.3 is 14.8 Å². The molecule has 0 amide bonds. The van der Waals surface area contributed by atoms with Crippen LogP contribution in [0.1, 0.15) is 10.4 Å². The molecule has 0 saturated carbocycles. The summed E-state index contributed by atoms with van der Waals surface area (Å²) in [5.41, 5.74) is 1.06. The van der Waals surface area contributed by atoms with Gasteiger partial charge in [-0.05, 0) is 18.2 Å². The Bertz CT molecular complexity index is 725. The Morgan fingerprint density at radius 1 is 1.32 bits per heavy atom. The quantitative estimate of drug-likeness (QED) is 0.747. The van der Waals surface area contributed by atoms with Crippen molar-refractivity contribution >= 4 is 56.5 Å². The third-order valence-electron chi connectivity index (χ3n) is 2.78. The van der Waals surface area contributed by atoms with E-state index in [9.17, 15) is 4.79 Å². The minimum absolute atomic E-state index is 0.157. The topological polar surface area (TPSA) is 60.5 Å². The van der Waals surface area contributed by atoms with Crippen molar-refractivity contribution in [3.05, 3.63) is 44.5 Å². The van der Waals surface area contributed by atoms with Gasteiger partial charge in [-0.2, -0.15) is 0 Å². The van der Waals surface area contributed by atoms with Crippen LogP contribution >= 0.6 is 39.1 Å². The fourth-order valence-electron chi connectivity index (χ4n) is 1.72. The van der Waals surface area contributed by atoms with E-state index in [1.165, 1.54) is 20.4 Å². The van der Waals surface area contributed by atoms with E-state index in [0.29, 0.717) is 16.4 Å². The van der Waals surface area contributed by atoms with Gasteiger partial charge in [0.15, 0.2) is 0 Å². The van der Waals surface area contributed by atoms with Crippen LogP contribution in [0.4, 0.5) is 11.4 Å². The van der Waals surface area contributed by atoms with Gasteiger partial charge in [-0.1, -0.05) is 39.1 Å². The lowest BCUT2D eigenvalue weighted by atomic mass is 10.2. The molecule has 1 aromatic carbocycles. The van der Waals surface area contributed by atoms with E-state index in [1.54, 1.807) is 18.2 Å². The number of nitrogens with zero attached hydrogens (tertiary/aromatic N) is 1. The van der Waals surface area contributed by atoms with E-state index in [2.05, 4.69) is 26.2 Å². The Balaban J connectivity index is 2.54. The number of halogens is 3. The van der Waals surface area contributed by atoms with E-state index >= 15 is 0 Å². The van der Waals surface area contributed by atoms with Gasteiger partial charge in [0.2, 0.25) is 5.88 Å². The van der Waals surface area contributed by atoms with Crippen LogP contribution in [0, 0.1) is 0 Å². The lowest BCUT2D eigenvalue weighted by Crippen LogP contribution is -2.08.